The highest BCUT2D eigenvalue weighted by Crippen LogP contribution is 2.29. The van der Waals surface area contributed by atoms with Crippen LogP contribution >= 0.6 is 0 Å². The van der Waals surface area contributed by atoms with Gasteiger partial charge < -0.3 is 15.0 Å². The van der Waals surface area contributed by atoms with Crippen molar-refractivity contribution in [1.82, 2.24) is 9.97 Å². The number of benzene rings is 1. The molecule has 0 saturated heterocycles. The summed E-state index contributed by atoms with van der Waals surface area (Å²) in [7, 11) is 0. The summed E-state index contributed by atoms with van der Waals surface area (Å²) in [5, 5.41) is 20.0. The number of aliphatic hydroxyl groups is 1. The molecular weight excluding hydrogens is 260 g/mol. The van der Waals surface area contributed by atoms with Crippen LogP contribution in [0.2, 0.25) is 0 Å². The van der Waals surface area contributed by atoms with E-state index in [2.05, 4.69) is 14.9 Å². The molecule has 1 fully saturated rings. The number of hydrogen-bond donors (Lipinski definition) is 2. The largest absolute Gasteiger partial charge is 0.395 e. The topological polar surface area (TPSA) is 95.3 Å². The van der Waals surface area contributed by atoms with E-state index >= 15 is 0 Å². The van der Waals surface area contributed by atoms with Crippen LogP contribution in [0.4, 0.5) is 11.6 Å². The van der Waals surface area contributed by atoms with Crippen molar-refractivity contribution >= 4 is 22.7 Å². The predicted molar refractivity (Wildman–Crippen MR) is 74.8 cm³/mol. The molecule has 20 heavy (non-hydrogen) atoms. The van der Waals surface area contributed by atoms with Gasteiger partial charge in [-0.3, -0.25) is 10.1 Å². The molecule has 1 heterocycles. The number of hydrogen-bond acceptors (Lipinski definition) is 5. The third-order valence-electron chi connectivity index (χ3n) is 3.79. The van der Waals surface area contributed by atoms with Crippen LogP contribution in [-0.4, -0.2) is 39.2 Å². The predicted octanol–water partition coefficient (Wildman–Crippen LogP) is 1.82. The van der Waals surface area contributed by atoms with Crippen molar-refractivity contribution in [2.24, 2.45) is 0 Å². The van der Waals surface area contributed by atoms with Crippen LogP contribution in [-0.2, 0) is 0 Å². The Morgan fingerprint density at radius 2 is 2.30 bits per heavy atom. The molecule has 7 nitrogen and oxygen atoms in total. The third-order valence-corrected chi connectivity index (χ3v) is 3.79. The molecular formula is C13H16N4O3. The van der Waals surface area contributed by atoms with Crippen molar-refractivity contribution in [3.8, 4) is 0 Å². The smallest absolute Gasteiger partial charge is 0.271 e. The Labute approximate surface area is 115 Å². The highest BCUT2D eigenvalue weighted by molar-refractivity contribution is 5.80. The van der Waals surface area contributed by atoms with Gasteiger partial charge in [-0.1, -0.05) is 0 Å². The second kappa shape index (κ2) is 5.09. The number of aliphatic hydroxyl groups excluding tert-OH is 1. The quantitative estimate of drug-likeness (QED) is 0.641. The number of aromatic nitrogens is 2. The number of fused-ring (bicyclic) bond motifs is 1. The lowest BCUT2D eigenvalue weighted by atomic mass is 9.92. The van der Waals surface area contributed by atoms with Gasteiger partial charge >= 0.3 is 0 Å². The summed E-state index contributed by atoms with van der Waals surface area (Å²) >= 11 is 0. The van der Waals surface area contributed by atoms with Crippen LogP contribution in [0.25, 0.3) is 11.0 Å². The fourth-order valence-electron chi connectivity index (χ4n) is 2.50. The number of imidazole rings is 1. The molecule has 0 aliphatic heterocycles. The highest BCUT2D eigenvalue weighted by Gasteiger charge is 2.26. The standard InChI is InChI=1S/C13H16N4O3/c18-7-6-16(9-2-1-3-9)13-14-11-5-4-10(17(19)20)8-12(11)15-13/h4-5,8-9,18H,1-3,6-7H2,(H,14,15). The second-order valence-electron chi connectivity index (χ2n) is 5.02. The molecule has 2 N–H and O–H groups in total. The van der Waals surface area contributed by atoms with E-state index in [-0.39, 0.29) is 12.3 Å². The number of H-pyrrole nitrogens is 1. The van der Waals surface area contributed by atoms with Gasteiger partial charge in [0.15, 0.2) is 0 Å². The van der Waals surface area contributed by atoms with Gasteiger partial charge in [0.05, 0.1) is 22.6 Å². The molecule has 1 aliphatic rings. The zero-order valence-corrected chi connectivity index (χ0v) is 11.0. The van der Waals surface area contributed by atoms with Gasteiger partial charge in [-0.25, -0.2) is 4.98 Å². The highest BCUT2D eigenvalue weighted by atomic mass is 16.6. The molecule has 0 radical (unpaired) electrons. The first-order valence-electron chi connectivity index (χ1n) is 6.70. The summed E-state index contributed by atoms with van der Waals surface area (Å²) < 4.78 is 0. The number of nitrogens with one attached hydrogen (secondary N) is 1. The van der Waals surface area contributed by atoms with E-state index in [4.69, 9.17) is 0 Å². The molecule has 0 amide bonds. The summed E-state index contributed by atoms with van der Waals surface area (Å²) in [6.45, 7) is 0.584. The van der Waals surface area contributed by atoms with Crippen LogP contribution < -0.4 is 4.90 Å². The van der Waals surface area contributed by atoms with Gasteiger partial charge in [0.1, 0.15) is 0 Å². The minimum absolute atomic E-state index is 0.0463. The normalized spacial score (nSPS) is 15.2. The lowest BCUT2D eigenvalue weighted by Crippen LogP contribution is -2.42. The number of rotatable bonds is 5. The summed E-state index contributed by atoms with van der Waals surface area (Å²) in [5.41, 5.74) is 1.40. The lowest BCUT2D eigenvalue weighted by Gasteiger charge is -2.37. The molecule has 0 spiro atoms. The second-order valence-corrected chi connectivity index (χ2v) is 5.02. The van der Waals surface area contributed by atoms with Crippen molar-refractivity contribution in [1.29, 1.82) is 0 Å². The van der Waals surface area contributed by atoms with Crippen LogP contribution in [0.1, 0.15) is 19.3 Å². The zero-order valence-electron chi connectivity index (χ0n) is 11.0. The fraction of sp³-hybridized carbons (Fsp3) is 0.462. The molecule has 3 rings (SSSR count). The minimum atomic E-state index is -0.419. The Morgan fingerprint density at radius 1 is 1.50 bits per heavy atom. The number of non-ortho nitro benzene ring substituents is 1. The Hall–Kier alpha value is -2.15. The van der Waals surface area contributed by atoms with Crippen LogP contribution in [0.5, 0.6) is 0 Å². The molecule has 0 unspecified atom stereocenters. The maximum atomic E-state index is 10.8. The molecule has 1 aromatic carbocycles. The molecule has 1 aliphatic carbocycles. The molecule has 0 atom stereocenters. The maximum absolute atomic E-state index is 10.8. The molecule has 7 heteroatoms. The fourth-order valence-corrected chi connectivity index (χ4v) is 2.50. The van der Waals surface area contributed by atoms with Crippen molar-refractivity contribution < 1.29 is 10.0 Å². The first kappa shape index (κ1) is 12.9. The lowest BCUT2D eigenvalue weighted by molar-refractivity contribution is -0.384. The van der Waals surface area contributed by atoms with E-state index in [0.717, 1.165) is 12.8 Å². The van der Waals surface area contributed by atoms with Crippen molar-refractivity contribution in [2.45, 2.75) is 25.3 Å². The van der Waals surface area contributed by atoms with Crippen molar-refractivity contribution in [3.63, 3.8) is 0 Å². The van der Waals surface area contributed by atoms with Gasteiger partial charge in [0.25, 0.3) is 5.69 Å². The average molecular weight is 276 g/mol. The molecule has 1 aromatic heterocycles. The molecule has 0 bridgehead atoms. The zero-order chi connectivity index (χ0) is 14.1. The monoisotopic (exact) mass is 276 g/mol. The van der Waals surface area contributed by atoms with Gasteiger partial charge in [-0.15, -0.1) is 0 Å². The summed E-state index contributed by atoms with van der Waals surface area (Å²) in [4.78, 5) is 20.0. The number of anilines is 1. The molecule has 2 aromatic rings. The number of aromatic amines is 1. The first-order valence-corrected chi connectivity index (χ1v) is 6.70. The van der Waals surface area contributed by atoms with Gasteiger partial charge in [0, 0.05) is 24.7 Å². The Bertz CT molecular complexity index is 636. The van der Waals surface area contributed by atoms with Gasteiger partial charge in [0.2, 0.25) is 5.95 Å². The minimum Gasteiger partial charge on any atom is -0.395 e. The van der Waals surface area contributed by atoms with Crippen molar-refractivity contribution in [3.05, 3.63) is 28.3 Å². The van der Waals surface area contributed by atoms with E-state index in [1.54, 1.807) is 6.07 Å². The first-order chi connectivity index (χ1) is 9.69. The Morgan fingerprint density at radius 3 is 2.90 bits per heavy atom. The van der Waals surface area contributed by atoms with Gasteiger partial charge in [-0.05, 0) is 25.3 Å². The third kappa shape index (κ3) is 2.20. The SMILES string of the molecule is O=[N+]([O-])c1ccc2nc(N(CCO)C3CCC3)[nH]c2c1. The number of nitro groups is 1. The van der Waals surface area contributed by atoms with Crippen LogP contribution in [0, 0.1) is 10.1 Å². The van der Waals surface area contributed by atoms with E-state index in [9.17, 15) is 15.2 Å². The summed E-state index contributed by atoms with van der Waals surface area (Å²) in [6.07, 6.45) is 3.38. The number of nitro benzene ring substituents is 1. The number of nitrogens with zero attached hydrogens (tertiary/aromatic N) is 3. The van der Waals surface area contributed by atoms with E-state index < -0.39 is 4.92 Å². The molecule has 106 valence electrons. The van der Waals surface area contributed by atoms with Crippen LogP contribution in [0.15, 0.2) is 18.2 Å². The maximum Gasteiger partial charge on any atom is 0.271 e. The van der Waals surface area contributed by atoms with Gasteiger partial charge in [-0.2, -0.15) is 0 Å². The van der Waals surface area contributed by atoms with Crippen LogP contribution in [0.3, 0.4) is 0 Å². The van der Waals surface area contributed by atoms with E-state index in [1.807, 2.05) is 0 Å². The Kier molecular flexibility index (Phi) is 3.27. The summed E-state index contributed by atoms with van der Waals surface area (Å²) in [5.74, 6) is 0.680. The Balaban J connectivity index is 1.95. The van der Waals surface area contributed by atoms with Crippen molar-refractivity contribution in [2.75, 3.05) is 18.1 Å². The van der Waals surface area contributed by atoms with E-state index in [1.165, 1.54) is 18.6 Å². The van der Waals surface area contributed by atoms with E-state index in [0.29, 0.717) is 29.6 Å². The summed E-state index contributed by atoms with van der Waals surface area (Å²) in [6, 6.07) is 4.99. The molecule has 1 saturated carbocycles. The average Bonchev–Trinajstić information content (AvgIpc) is 2.78.